The van der Waals surface area contributed by atoms with E-state index >= 15 is 0 Å². The summed E-state index contributed by atoms with van der Waals surface area (Å²) in [6.07, 6.45) is 15.3. The molecule has 0 amide bonds. The van der Waals surface area contributed by atoms with E-state index in [2.05, 4.69) is 32.7 Å². The molecule has 1 N–H and O–H groups in total. The van der Waals surface area contributed by atoms with Crippen LogP contribution < -0.4 is 5.32 Å². The molecule has 0 aromatic rings. The molecule has 0 saturated heterocycles. The molecule has 0 aliphatic heterocycles. The van der Waals surface area contributed by atoms with Crippen LogP contribution in [0.5, 0.6) is 0 Å². The van der Waals surface area contributed by atoms with E-state index in [-0.39, 0.29) is 0 Å². The Kier molecular flexibility index (Phi) is 13.9. The van der Waals surface area contributed by atoms with Crippen molar-refractivity contribution in [3.05, 3.63) is 12.7 Å². The molecule has 0 rings (SSSR count). The molecule has 2 unspecified atom stereocenters. The van der Waals surface area contributed by atoms with Gasteiger partial charge in [0.25, 0.3) is 0 Å². The first kappa shape index (κ1) is 18.7. The summed E-state index contributed by atoms with van der Waals surface area (Å²) in [5, 5.41) is 3.80. The third kappa shape index (κ3) is 10.2. The van der Waals surface area contributed by atoms with Crippen molar-refractivity contribution in [2.24, 2.45) is 5.92 Å². The number of hydrogen-bond donors (Lipinski definition) is 1. The van der Waals surface area contributed by atoms with Crippen molar-refractivity contribution in [1.29, 1.82) is 0 Å². The van der Waals surface area contributed by atoms with Gasteiger partial charge in [-0.05, 0) is 44.6 Å². The van der Waals surface area contributed by atoms with Gasteiger partial charge in [-0.3, -0.25) is 0 Å². The summed E-state index contributed by atoms with van der Waals surface area (Å²) < 4.78 is 0. The Labute approximate surface area is 122 Å². The second-order valence-corrected chi connectivity index (χ2v) is 5.80. The van der Waals surface area contributed by atoms with Gasteiger partial charge < -0.3 is 5.32 Å². The number of allylic oxidation sites excluding steroid dienone is 1. The fourth-order valence-corrected chi connectivity index (χ4v) is 2.82. The fourth-order valence-electron chi connectivity index (χ4n) is 2.82. The molecule has 1 heteroatoms. The molecule has 0 aromatic heterocycles. The maximum absolute atomic E-state index is 3.80. The van der Waals surface area contributed by atoms with Crippen LogP contribution in [-0.2, 0) is 0 Å². The van der Waals surface area contributed by atoms with Gasteiger partial charge in [-0.15, -0.1) is 6.58 Å². The van der Waals surface area contributed by atoms with Gasteiger partial charge in [-0.25, -0.2) is 0 Å². The maximum Gasteiger partial charge on any atom is 0.00952 e. The third-order valence-corrected chi connectivity index (χ3v) is 4.10. The number of nitrogens with one attached hydrogen (secondary N) is 1. The van der Waals surface area contributed by atoms with Crippen LogP contribution >= 0.6 is 0 Å². The minimum absolute atomic E-state index is 0.750. The van der Waals surface area contributed by atoms with Crippen LogP contribution in [0.3, 0.4) is 0 Å². The summed E-state index contributed by atoms with van der Waals surface area (Å²) in [5.41, 5.74) is 0. The standard InChI is InChI=1S/C18H37N/c1-5-9-11-12-13-15-18(19-16-7-3)17(8-4)14-10-6-2/h5,17-19H,1,6-16H2,2-4H3. The number of unbranched alkanes of at least 4 members (excludes halogenated alkanes) is 4. The Morgan fingerprint density at radius 1 is 0.947 bits per heavy atom. The molecule has 0 aliphatic rings. The lowest BCUT2D eigenvalue weighted by Gasteiger charge is -2.27. The van der Waals surface area contributed by atoms with E-state index < -0.39 is 0 Å². The first-order valence-electron chi connectivity index (χ1n) is 8.64. The highest BCUT2D eigenvalue weighted by Gasteiger charge is 2.18. The Balaban J connectivity index is 4.05. The molecular weight excluding hydrogens is 230 g/mol. The minimum atomic E-state index is 0.750. The topological polar surface area (TPSA) is 12.0 Å². The van der Waals surface area contributed by atoms with E-state index in [4.69, 9.17) is 0 Å². The van der Waals surface area contributed by atoms with E-state index in [1.54, 1.807) is 0 Å². The van der Waals surface area contributed by atoms with Gasteiger partial charge in [-0.1, -0.05) is 59.0 Å². The molecule has 0 aliphatic carbocycles. The average molecular weight is 268 g/mol. The summed E-state index contributed by atoms with van der Waals surface area (Å²) in [6.45, 7) is 11.9. The predicted molar refractivity (Wildman–Crippen MR) is 88.7 cm³/mol. The summed E-state index contributed by atoms with van der Waals surface area (Å²) in [4.78, 5) is 0. The van der Waals surface area contributed by atoms with Crippen molar-refractivity contribution in [3.63, 3.8) is 0 Å². The molecule has 0 aromatic carbocycles. The van der Waals surface area contributed by atoms with Gasteiger partial charge in [0.2, 0.25) is 0 Å². The average Bonchev–Trinajstić information content (AvgIpc) is 2.44. The Morgan fingerprint density at radius 2 is 1.74 bits per heavy atom. The summed E-state index contributed by atoms with van der Waals surface area (Å²) >= 11 is 0. The summed E-state index contributed by atoms with van der Waals surface area (Å²) in [7, 11) is 0. The SMILES string of the molecule is C=CCCCCCC(NCCC)C(CC)CCCC. The first-order valence-corrected chi connectivity index (χ1v) is 8.64. The number of rotatable bonds is 14. The zero-order valence-electron chi connectivity index (χ0n) is 13.7. The zero-order valence-corrected chi connectivity index (χ0v) is 13.7. The lowest BCUT2D eigenvalue weighted by atomic mass is 9.88. The largest absolute Gasteiger partial charge is 0.314 e. The monoisotopic (exact) mass is 267 g/mol. The highest BCUT2D eigenvalue weighted by Crippen LogP contribution is 2.21. The van der Waals surface area contributed by atoms with E-state index in [9.17, 15) is 0 Å². The first-order chi connectivity index (χ1) is 9.29. The molecule has 0 fully saturated rings. The minimum Gasteiger partial charge on any atom is -0.314 e. The Hall–Kier alpha value is -0.300. The quantitative estimate of drug-likeness (QED) is 0.314. The van der Waals surface area contributed by atoms with Crippen LogP contribution in [0.25, 0.3) is 0 Å². The lowest BCUT2D eigenvalue weighted by molar-refractivity contribution is 0.296. The van der Waals surface area contributed by atoms with E-state index in [1.807, 2.05) is 6.08 Å². The highest BCUT2D eigenvalue weighted by atomic mass is 14.9. The van der Waals surface area contributed by atoms with Crippen molar-refractivity contribution in [1.82, 2.24) is 5.32 Å². The van der Waals surface area contributed by atoms with Gasteiger partial charge >= 0.3 is 0 Å². The molecule has 114 valence electrons. The molecule has 0 heterocycles. The molecule has 0 radical (unpaired) electrons. The maximum atomic E-state index is 3.80. The molecule has 0 saturated carbocycles. The molecule has 2 atom stereocenters. The fraction of sp³-hybridized carbons (Fsp3) is 0.889. The Bertz CT molecular complexity index is 188. The van der Waals surface area contributed by atoms with Gasteiger partial charge in [0, 0.05) is 6.04 Å². The molecule has 0 spiro atoms. The van der Waals surface area contributed by atoms with E-state index in [0.29, 0.717) is 0 Å². The molecule has 1 nitrogen and oxygen atoms in total. The van der Waals surface area contributed by atoms with E-state index in [0.717, 1.165) is 12.0 Å². The smallest absolute Gasteiger partial charge is 0.00952 e. The molecular formula is C18H37N. The van der Waals surface area contributed by atoms with Crippen molar-refractivity contribution in [2.75, 3.05) is 6.54 Å². The second-order valence-electron chi connectivity index (χ2n) is 5.80. The van der Waals surface area contributed by atoms with Gasteiger partial charge in [-0.2, -0.15) is 0 Å². The van der Waals surface area contributed by atoms with Gasteiger partial charge in [0.15, 0.2) is 0 Å². The third-order valence-electron chi connectivity index (χ3n) is 4.10. The Morgan fingerprint density at radius 3 is 2.32 bits per heavy atom. The zero-order chi connectivity index (χ0) is 14.3. The summed E-state index contributed by atoms with van der Waals surface area (Å²) in [5.74, 6) is 0.880. The van der Waals surface area contributed by atoms with Crippen molar-refractivity contribution < 1.29 is 0 Å². The van der Waals surface area contributed by atoms with Crippen LogP contribution in [0.15, 0.2) is 12.7 Å². The van der Waals surface area contributed by atoms with Crippen LogP contribution in [0.1, 0.15) is 85.0 Å². The highest BCUT2D eigenvalue weighted by molar-refractivity contribution is 4.76. The number of hydrogen-bond acceptors (Lipinski definition) is 1. The van der Waals surface area contributed by atoms with Crippen LogP contribution in [0, 0.1) is 5.92 Å². The normalized spacial score (nSPS) is 14.3. The van der Waals surface area contributed by atoms with Crippen LogP contribution in [0.4, 0.5) is 0 Å². The molecule has 0 bridgehead atoms. The van der Waals surface area contributed by atoms with Crippen LogP contribution in [0.2, 0.25) is 0 Å². The van der Waals surface area contributed by atoms with Crippen LogP contribution in [-0.4, -0.2) is 12.6 Å². The second kappa shape index (κ2) is 14.1. The van der Waals surface area contributed by atoms with Crippen molar-refractivity contribution in [3.8, 4) is 0 Å². The predicted octanol–water partition coefficient (Wildman–Crippen LogP) is 5.71. The van der Waals surface area contributed by atoms with Gasteiger partial charge in [0.05, 0.1) is 0 Å². The van der Waals surface area contributed by atoms with Gasteiger partial charge in [0.1, 0.15) is 0 Å². The lowest BCUT2D eigenvalue weighted by Crippen LogP contribution is -2.36. The van der Waals surface area contributed by atoms with Crippen molar-refractivity contribution in [2.45, 2.75) is 91.0 Å². The molecule has 19 heavy (non-hydrogen) atoms. The van der Waals surface area contributed by atoms with E-state index in [1.165, 1.54) is 70.8 Å². The summed E-state index contributed by atoms with van der Waals surface area (Å²) in [6, 6.07) is 0.750. The van der Waals surface area contributed by atoms with Crippen molar-refractivity contribution >= 4 is 0 Å².